The summed E-state index contributed by atoms with van der Waals surface area (Å²) >= 11 is 0. The van der Waals surface area contributed by atoms with Gasteiger partial charge in [0.25, 0.3) is 0 Å². The Hall–Kier alpha value is -3.98. The molecular weight excluding hydrogens is 368 g/mol. The van der Waals surface area contributed by atoms with E-state index in [0.717, 1.165) is 18.4 Å². The SMILES string of the molecule is [CH2]CCc1ccc(C(=O)Oc2nc(OC(=O)c3ccccc3)ccc2C#N)cc1. The smallest absolute Gasteiger partial charge is 0.344 e. The highest BCUT2D eigenvalue weighted by molar-refractivity contribution is 5.91. The second-order valence-electron chi connectivity index (χ2n) is 6.06. The molecule has 0 saturated carbocycles. The molecule has 1 heterocycles. The highest BCUT2D eigenvalue weighted by Crippen LogP contribution is 2.21. The van der Waals surface area contributed by atoms with Crippen LogP contribution in [0, 0.1) is 18.3 Å². The number of hydrogen-bond donors (Lipinski definition) is 0. The number of nitriles is 1. The fourth-order valence-electron chi connectivity index (χ4n) is 2.53. The lowest BCUT2D eigenvalue weighted by molar-refractivity contribution is 0.0717. The lowest BCUT2D eigenvalue weighted by Gasteiger charge is -2.08. The van der Waals surface area contributed by atoms with Gasteiger partial charge in [-0.15, -0.1) is 0 Å². The zero-order chi connectivity index (χ0) is 20.6. The first-order valence-electron chi connectivity index (χ1n) is 8.89. The molecule has 3 aromatic rings. The van der Waals surface area contributed by atoms with Crippen LogP contribution in [0.1, 0.15) is 38.3 Å². The van der Waals surface area contributed by atoms with E-state index in [4.69, 9.17) is 9.47 Å². The Morgan fingerprint density at radius 1 is 0.897 bits per heavy atom. The summed E-state index contributed by atoms with van der Waals surface area (Å²) in [5, 5.41) is 9.25. The van der Waals surface area contributed by atoms with Crippen LogP contribution in [-0.2, 0) is 6.42 Å². The van der Waals surface area contributed by atoms with Gasteiger partial charge in [0.1, 0.15) is 11.6 Å². The number of carbonyl (C=O) groups excluding carboxylic acids is 2. The molecular formula is C23H17N2O4. The first-order valence-corrected chi connectivity index (χ1v) is 8.89. The fraction of sp³-hybridized carbons (Fsp3) is 0.0870. The van der Waals surface area contributed by atoms with E-state index >= 15 is 0 Å². The number of aryl methyl sites for hydroxylation is 1. The highest BCUT2D eigenvalue weighted by atomic mass is 16.6. The monoisotopic (exact) mass is 385 g/mol. The van der Waals surface area contributed by atoms with Crippen molar-refractivity contribution >= 4 is 11.9 Å². The fourth-order valence-corrected chi connectivity index (χ4v) is 2.53. The largest absolute Gasteiger partial charge is 0.404 e. The number of esters is 2. The van der Waals surface area contributed by atoms with E-state index in [0.29, 0.717) is 11.1 Å². The van der Waals surface area contributed by atoms with Crippen molar-refractivity contribution in [1.82, 2.24) is 4.98 Å². The number of pyridine rings is 1. The van der Waals surface area contributed by atoms with E-state index < -0.39 is 11.9 Å². The molecule has 143 valence electrons. The van der Waals surface area contributed by atoms with Gasteiger partial charge in [-0.05, 0) is 48.7 Å². The lowest BCUT2D eigenvalue weighted by Crippen LogP contribution is -2.13. The normalized spacial score (nSPS) is 10.1. The van der Waals surface area contributed by atoms with Gasteiger partial charge in [-0.25, -0.2) is 9.59 Å². The number of carbonyl (C=O) groups is 2. The molecule has 1 radical (unpaired) electrons. The third-order valence-electron chi connectivity index (χ3n) is 4.01. The average molecular weight is 385 g/mol. The zero-order valence-electron chi connectivity index (χ0n) is 15.5. The predicted molar refractivity (Wildman–Crippen MR) is 105 cm³/mol. The molecule has 2 aromatic carbocycles. The average Bonchev–Trinajstić information content (AvgIpc) is 2.75. The van der Waals surface area contributed by atoms with Gasteiger partial charge in [0.05, 0.1) is 11.1 Å². The summed E-state index contributed by atoms with van der Waals surface area (Å²) in [7, 11) is 0. The molecule has 0 atom stereocenters. The molecule has 0 aliphatic rings. The van der Waals surface area contributed by atoms with Crippen LogP contribution < -0.4 is 9.47 Å². The number of ether oxygens (including phenoxy) is 2. The Bertz CT molecular complexity index is 1050. The summed E-state index contributed by atoms with van der Waals surface area (Å²) in [5.41, 5.74) is 1.77. The van der Waals surface area contributed by atoms with Crippen LogP contribution in [0.25, 0.3) is 0 Å². The van der Waals surface area contributed by atoms with E-state index in [1.807, 2.05) is 18.2 Å². The van der Waals surface area contributed by atoms with E-state index in [1.165, 1.54) is 12.1 Å². The van der Waals surface area contributed by atoms with Gasteiger partial charge in [0.2, 0.25) is 11.8 Å². The van der Waals surface area contributed by atoms with Crippen LogP contribution in [0.3, 0.4) is 0 Å². The number of benzene rings is 2. The molecule has 0 aliphatic heterocycles. The molecule has 0 amide bonds. The minimum atomic E-state index is -0.665. The molecule has 0 saturated heterocycles. The number of aromatic nitrogens is 1. The van der Waals surface area contributed by atoms with Crippen molar-refractivity contribution in [1.29, 1.82) is 5.26 Å². The summed E-state index contributed by atoms with van der Waals surface area (Å²) in [6.45, 7) is 3.80. The third-order valence-corrected chi connectivity index (χ3v) is 4.01. The van der Waals surface area contributed by atoms with E-state index in [2.05, 4.69) is 11.9 Å². The van der Waals surface area contributed by atoms with Crippen LogP contribution in [0.5, 0.6) is 11.8 Å². The summed E-state index contributed by atoms with van der Waals surface area (Å²) in [5.74, 6) is -1.58. The molecule has 29 heavy (non-hydrogen) atoms. The standard InChI is InChI=1S/C23H17N2O4/c1-2-6-16-9-11-18(12-10-16)23(27)29-21-19(15-24)13-14-20(25-21)28-22(26)17-7-4-3-5-8-17/h3-5,7-14H,1-2,6H2. The number of hydrogen-bond acceptors (Lipinski definition) is 6. The van der Waals surface area contributed by atoms with Crippen LogP contribution in [0.2, 0.25) is 0 Å². The zero-order valence-corrected chi connectivity index (χ0v) is 15.5. The molecule has 0 spiro atoms. The van der Waals surface area contributed by atoms with Gasteiger partial charge in [-0.3, -0.25) is 0 Å². The number of rotatable bonds is 6. The Morgan fingerprint density at radius 2 is 1.55 bits per heavy atom. The summed E-state index contributed by atoms with van der Waals surface area (Å²) in [6, 6.07) is 20.0. The van der Waals surface area contributed by atoms with Gasteiger partial charge in [-0.1, -0.05) is 37.3 Å². The highest BCUT2D eigenvalue weighted by Gasteiger charge is 2.16. The predicted octanol–water partition coefficient (Wildman–Crippen LogP) is 4.16. The van der Waals surface area contributed by atoms with Gasteiger partial charge < -0.3 is 9.47 Å². The Kier molecular flexibility index (Phi) is 6.33. The van der Waals surface area contributed by atoms with Crippen LogP contribution in [-0.4, -0.2) is 16.9 Å². The van der Waals surface area contributed by atoms with Crippen LogP contribution in [0.4, 0.5) is 0 Å². The van der Waals surface area contributed by atoms with Gasteiger partial charge in [0.15, 0.2) is 0 Å². The second kappa shape index (κ2) is 9.29. The minimum absolute atomic E-state index is 0.0477. The van der Waals surface area contributed by atoms with Crippen molar-refractivity contribution in [3.05, 3.63) is 95.9 Å². The topological polar surface area (TPSA) is 89.3 Å². The quantitative estimate of drug-likeness (QED) is 0.592. The summed E-state index contributed by atoms with van der Waals surface area (Å²) < 4.78 is 10.5. The van der Waals surface area contributed by atoms with Crippen molar-refractivity contribution in [3.63, 3.8) is 0 Å². The van der Waals surface area contributed by atoms with E-state index in [1.54, 1.807) is 42.5 Å². The van der Waals surface area contributed by atoms with Gasteiger partial charge >= 0.3 is 11.9 Å². The first kappa shape index (κ1) is 19.8. The van der Waals surface area contributed by atoms with Gasteiger partial charge in [-0.2, -0.15) is 10.2 Å². The molecule has 0 bridgehead atoms. The minimum Gasteiger partial charge on any atom is -0.404 e. The Balaban J connectivity index is 1.77. The van der Waals surface area contributed by atoms with Crippen LogP contribution in [0.15, 0.2) is 66.7 Å². The van der Waals surface area contributed by atoms with Gasteiger partial charge in [0, 0.05) is 6.07 Å². The molecule has 0 aliphatic carbocycles. The molecule has 6 heteroatoms. The number of nitrogens with zero attached hydrogens (tertiary/aromatic N) is 2. The molecule has 0 fully saturated rings. The van der Waals surface area contributed by atoms with Crippen molar-refractivity contribution < 1.29 is 19.1 Å². The molecule has 0 N–H and O–H groups in total. The maximum atomic E-state index is 12.4. The second-order valence-corrected chi connectivity index (χ2v) is 6.06. The third kappa shape index (κ3) is 5.05. The molecule has 0 unspecified atom stereocenters. The van der Waals surface area contributed by atoms with Crippen molar-refractivity contribution in [2.24, 2.45) is 0 Å². The maximum absolute atomic E-state index is 12.4. The van der Waals surface area contributed by atoms with E-state index in [-0.39, 0.29) is 17.3 Å². The lowest BCUT2D eigenvalue weighted by atomic mass is 10.1. The maximum Gasteiger partial charge on any atom is 0.344 e. The van der Waals surface area contributed by atoms with Crippen molar-refractivity contribution in [2.75, 3.05) is 0 Å². The Labute approximate surface area is 168 Å². The van der Waals surface area contributed by atoms with E-state index in [9.17, 15) is 14.9 Å². The summed E-state index contributed by atoms with van der Waals surface area (Å²) in [6.07, 6.45) is 1.57. The first-order chi connectivity index (χ1) is 14.1. The molecule has 1 aromatic heterocycles. The summed E-state index contributed by atoms with van der Waals surface area (Å²) in [4.78, 5) is 28.6. The van der Waals surface area contributed by atoms with Crippen molar-refractivity contribution in [2.45, 2.75) is 12.8 Å². The molecule has 6 nitrogen and oxygen atoms in total. The Morgan fingerprint density at radius 3 is 2.21 bits per heavy atom. The van der Waals surface area contributed by atoms with Crippen LogP contribution >= 0.6 is 0 Å². The molecule has 3 rings (SSSR count). The van der Waals surface area contributed by atoms with Crippen molar-refractivity contribution in [3.8, 4) is 17.8 Å².